The summed E-state index contributed by atoms with van der Waals surface area (Å²) in [4.78, 5) is 4.26. The molecule has 0 aliphatic rings. The van der Waals surface area contributed by atoms with Gasteiger partial charge in [0.2, 0.25) is 0 Å². The van der Waals surface area contributed by atoms with Crippen molar-refractivity contribution in [1.82, 2.24) is 10.3 Å². The summed E-state index contributed by atoms with van der Waals surface area (Å²) in [5, 5.41) is 3.38. The quantitative estimate of drug-likeness (QED) is 0.703. The van der Waals surface area contributed by atoms with Crippen molar-refractivity contribution in [2.45, 2.75) is 52.5 Å². The average Bonchev–Trinajstić information content (AvgIpc) is 2.61. The van der Waals surface area contributed by atoms with E-state index in [0.717, 1.165) is 43.9 Å². The molecule has 0 aliphatic carbocycles. The van der Waals surface area contributed by atoms with Gasteiger partial charge >= 0.3 is 0 Å². The van der Waals surface area contributed by atoms with Crippen molar-refractivity contribution in [2.24, 2.45) is 0 Å². The first-order valence-corrected chi connectivity index (χ1v) is 5.89. The average molecular weight is 210 g/mol. The van der Waals surface area contributed by atoms with Gasteiger partial charge in [-0.05, 0) is 19.4 Å². The van der Waals surface area contributed by atoms with Gasteiger partial charge in [0, 0.05) is 18.9 Å². The van der Waals surface area contributed by atoms with Crippen LogP contribution in [0.2, 0.25) is 0 Å². The molecule has 1 aromatic rings. The van der Waals surface area contributed by atoms with Gasteiger partial charge in [-0.3, -0.25) is 0 Å². The zero-order valence-corrected chi connectivity index (χ0v) is 10.0. The summed E-state index contributed by atoms with van der Waals surface area (Å²) in [6, 6.07) is 0.560. The Morgan fingerprint density at radius 1 is 1.40 bits per heavy atom. The number of hydrogen-bond donors (Lipinski definition) is 1. The van der Waals surface area contributed by atoms with Crippen molar-refractivity contribution in [3.8, 4) is 0 Å². The lowest BCUT2D eigenvalue weighted by Crippen LogP contribution is -2.23. The first kappa shape index (κ1) is 12.2. The fourth-order valence-corrected chi connectivity index (χ4v) is 1.46. The molecule has 1 heterocycles. The second kappa shape index (κ2) is 6.62. The van der Waals surface area contributed by atoms with Crippen molar-refractivity contribution >= 4 is 0 Å². The first-order chi connectivity index (χ1) is 7.22. The lowest BCUT2D eigenvalue weighted by atomic mass is 10.3. The summed E-state index contributed by atoms with van der Waals surface area (Å²) in [5.41, 5.74) is 0. The Morgan fingerprint density at radius 2 is 2.20 bits per heavy atom. The molecular weight excluding hydrogens is 188 g/mol. The molecule has 0 unspecified atom stereocenters. The Kier molecular flexibility index (Phi) is 5.40. The van der Waals surface area contributed by atoms with Gasteiger partial charge < -0.3 is 9.73 Å². The molecule has 0 atom stereocenters. The van der Waals surface area contributed by atoms with Crippen LogP contribution in [0.3, 0.4) is 0 Å². The largest absolute Gasteiger partial charge is 0.446 e. The molecule has 0 radical (unpaired) electrons. The minimum Gasteiger partial charge on any atom is -0.446 e. The third-order valence-corrected chi connectivity index (χ3v) is 2.22. The molecule has 0 spiro atoms. The number of nitrogens with zero attached hydrogens (tertiary/aromatic N) is 1. The van der Waals surface area contributed by atoms with Crippen LogP contribution in [0.1, 0.15) is 45.3 Å². The van der Waals surface area contributed by atoms with Crippen LogP contribution in [0.25, 0.3) is 0 Å². The summed E-state index contributed by atoms with van der Waals surface area (Å²) in [7, 11) is 0. The zero-order valence-electron chi connectivity index (χ0n) is 10.0. The Labute approximate surface area is 92.3 Å². The Morgan fingerprint density at radius 3 is 2.87 bits per heavy atom. The standard InChI is InChI=1S/C12H22N2O/c1-4-6-11-9-14-12(15-11)7-5-8-13-10(2)3/h9-10,13H,4-8H2,1-3H3. The van der Waals surface area contributed by atoms with E-state index in [1.807, 2.05) is 6.20 Å². The van der Waals surface area contributed by atoms with Crippen LogP contribution < -0.4 is 5.32 Å². The minimum atomic E-state index is 0.560. The molecule has 0 aliphatic heterocycles. The molecule has 1 N–H and O–H groups in total. The van der Waals surface area contributed by atoms with Gasteiger partial charge in [0.05, 0.1) is 6.20 Å². The predicted molar refractivity (Wildman–Crippen MR) is 62.0 cm³/mol. The number of hydrogen-bond acceptors (Lipinski definition) is 3. The summed E-state index contributed by atoms with van der Waals surface area (Å²) in [5.74, 6) is 1.90. The SMILES string of the molecule is CCCc1cnc(CCCNC(C)C)o1. The molecule has 15 heavy (non-hydrogen) atoms. The highest BCUT2D eigenvalue weighted by Crippen LogP contribution is 2.07. The molecule has 3 nitrogen and oxygen atoms in total. The van der Waals surface area contributed by atoms with E-state index in [0.29, 0.717) is 6.04 Å². The van der Waals surface area contributed by atoms with Crippen LogP contribution in [-0.2, 0) is 12.8 Å². The van der Waals surface area contributed by atoms with E-state index in [1.165, 1.54) is 0 Å². The van der Waals surface area contributed by atoms with Crippen LogP contribution in [-0.4, -0.2) is 17.6 Å². The molecule has 0 fully saturated rings. The summed E-state index contributed by atoms with van der Waals surface area (Å²) in [6.45, 7) is 7.49. The number of nitrogens with one attached hydrogen (secondary N) is 1. The second-order valence-electron chi connectivity index (χ2n) is 4.18. The predicted octanol–water partition coefficient (Wildman–Crippen LogP) is 2.56. The maximum Gasteiger partial charge on any atom is 0.194 e. The highest BCUT2D eigenvalue weighted by Gasteiger charge is 2.02. The lowest BCUT2D eigenvalue weighted by Gasteiger charge is -2.05. The molecular formula is C12H22N2O. The van der Waals surface area contributed by atoms with Crippen LogP contribution in [0.4, 0.5) is 0 Å². The topological polar surface area (TPSA) is 38.1 Å². The Hall–Kier alpha value is -0.830. The fraction of sp³-hybridized carbons (Fsp3) is 0.750. The number of aryl methyl sites for hydroxylation is 2. The lowest BCUT2D eigenvalue weighted by molar-refractivity contribution is 0.441. The third kappa shape index (κ3) is 4.98. The van der Waals surface area contributed by atoms with Crippen LogP contribution >= 0.6 is 0 Å². The van der Waals surface area contributed by atoms with Crippen molar-refractivity contribution in [3.63, 3.8) is 0 Å². The van der Waals surface area contributed by atoms with Gasteiger partial charge in [-0.2, -0.15) is 0 Å². The van der Waals surface area contributed by atoms with Crippen molar-refractivity contribution in [2.75, 3.05) is 6.54 Å². The maximum absolute atomic E-state index is 5.59. The molecule has 86 valence electrons. The molecule has 0 amide bonds. The van der Waals surface area contributed by atoms with Gasteiger partial charge in [0.1, 0.15) is 5.76 Å². The van der Waals surface area contributed by atoms with Crippen LogP contribution in [0, 0.1) is 0 Å². The third-order valence-electron chi connectivity index (χ3n) is 2.22. The molecule has 1 aromatic heterocycles. The van der Waals surface area contributed by atoms with Gasteiger partial charge in [0.25, 0.3) is 0 Å². The minimum absolute atomic E-state index is 0.560. The van der Waals surface area contributed by atoms with Gasteiger partial charge in [-0.1, -0.05) is 20.8 Å². The molecule has 0 saturated heterocycles. The molecule has 3 heteroatoms. The highest BCUT2D eigenvalue weighted by atomic mass is 16.4. The van der Waals surface area contributed by atoms with Crippen LogP contribution in [0.15, 0.2) is 10.6 Å². The zero-order chi connectivity index (χ0) is 11.1. The number of rotatable bonds is 7. The van der Waals surface area contributed by atoms with E-state index in [9.17, 15) is 0 Å². The van der Waals surface area contributed by atoms with Crippen molar-refractivity contribution < 1.29 is 4.42 Å². The molecule has 0 aromatic carbocycles. The van der Waals surface area contributed by atoms with Crippen molar-refractivity contribution in [1.29, 1.82) is 0 Å². The van der Waals surface area contributed by atoms with E-state index >= 15 is 0 Å². The summed E-state index contributed by atoms with van der Waals surface area (Å²) < 4.78 is 5.59. The van der Waals surface area contributed by atoms with E-state index in [-0.39, 0.29) is 0 Å². The normalized spacial score (nSPS) is 11.2. The maximum atomic E-state index is 5.59. The molecule has 0 saturated carbocycles. The fourth-order valence-electron chi connectivity index (χ4n) is 1.46. The van der Waals surface area contributed by atoms with Crippen molar-refractivity contribution in [3.05, 3.63) is 17.8 Å². The second-order valence-corrected chi connectivity index (χ2v) is 4.18. The smallest absolute Gasteiger partial charge is 0.194 e. The Bertz CT molecular complexity index is 268. The molecule has 1 rings (SSSR count). The van der Waals surface area contributed by atoms with E-state index in [4.69, 9.17) is 4.42 Å². The summed E-state index contributed by atoms with van der Waals surface area (Å²) >= 11 is 0. The summed E-state index contributed by atoms with van der Waals surface area (Å²) in [6.07, 6.45) is 5.99. The van der Waals surface area contributed by atoms with Gasteiger partial charge in [-0.25, -0.2) is 4.98 Å². The number of aromatic nitrogens is 1. The Balaban J connectivity index is 2.19. The van der Waals surface area contributed by atoms with E-state index < -0.39 is 0 Å². The number of oxazole rings is 1. The van der Waals surface area contributed by atoms with Gasteiger partial charge in [0.15, 0.2) is 5.89 Å². The molecule has 0 bridgehead atoms. The van der Waals surface area contributed by atoms with E-state index in [2.05, 4.69) is 31.1 Å². The van der Waals surface area contributed by atoms with Gasteiger partial charge in [-0.15, -0.1) is 0 Å². The first-order valence-electron chi connectivity index (χ1n) is 5.89. The highest BCUT2D eigenvalue weighted by molar-refractivity contribution is 4.94. The van der Waals surface area contributed by atoms with E-state index in [1.54, 1.807) is 0 Å². The van der Waals surface area contributed by atoms with Crippen LogP contribution in [0.5, 0.6) is 0 Å². The monoisotopic (exact) mass is 210 g/mol.